The number of nitrogens with zero attached hydrogens (tertiary/aromatic N) is 6. The van der Waals surface area contributed by atoms with Crippen molar-refractivity contribution < 1.29 is 9.13 Å². The van der Waals surface area contributed by atoms with E-state index in [1.165, 1.54) is 40.1 Å². The van der Waals surface area contributed by atoms with Gasteiger partial charge in [-0.2, -0.15) is 4.98 Å². The summed E-state index contributed by atoms with van der Waals surface area (Å²) in [7, 11) is 0. The first kappa shape index (κ1) is 27.0. The maximum absolute atomic E-state index is 13.7. The number of aromatic nitrogens is 4. The van der Waals surface area contributed by atoms with E-state index in [-0.39, 0.29) is 22.4 Å². The Balaban J connectivity index is 1.03. The minimum Gasteiger partial charge on any atom is -0.435 e. The monoisotopic (exact) mass is 582 g/mol. The summed E-state index contributed by atoms with van der Waals surface area (Å²) >= 11 is 6.14. The van der Waals surface area contributed by atoms with Gasteiger partial charge in [0.05, 0.1) is 0 Å². The predicted molar refractivity (Wildman–Crippen MR) is 161 cm³/mol. The van der Waals surface area contributed by atoms with E-state index in [1.54, 1.807) is 6.07 Å². The first-order valence-electron chi connectivity index (χ1n) is 14.5. The van der Waals surface area contributed by atoms with Gasteiger partial charge in [0, 0.05) is 56.5 Å². The van der Waals surface area contributed by atoms with Crippen LogP contribution in [0.15, 0.2) is 66.4 Å². The van der Waals surface area contributed by atoms with E-state index >= 15 is 0 Å². The number of pyridine rings is 1. The Labute approximate surface area is 250 Å². The summed E-state index contributed by atoms with van der Waals surface area (Å²) in [5.74, 6) is 1.11. The van der Waals surface area contributed by atoms with E-state index in [2.05, 4.69) is 67.5 Å². The van der Waals surface area contributed by atoms with Gasteiger partial charge >= 0.3 is 0 Å². The van der Waals surface area contributed by atoms with Gasteiger partial charge in [0.2, 0.25) is 5.28 Å². The minimum absolute atomic E-state index is 0.0751. The fraction of sp³-hybridized carbons (Fsp3) is 0.333. The molecule has 214 valence electrons. The van der Waals surface area contributed by atoms with Crippen molar-refractivity contribution in [1.82, 2.24) is 25.1 Å². The van der Waals surface area contributed by atoms with Crippen LogP contribution >= 0.6 is 11.6 Å². The van der Waals surface area contributed by atoms with Crippen LogP contribution in [0, 0.1) is 11.2 Å². The van der Waals surface area contributed by atoms with E-state index in [0.717, 1.165) is 57.5 Å². The second-order valence-corrected chi connectivity index (χ2v) is 12.0. The van der Waals surface area contributed by atoms with Gasteiger partial charge in [-0.15, -0.1) is 10.2 Å². The number of fused-ring (bicyclic) bond motifs is 1. The van der Waals surface area contributed by atoms with Gasteiger partial charge in [0.15, 0.2) is 5.82 Å². The topological polar surface area (TPSA) is 67.3 Å². The van der Waals surface area contributed by atoms with Crippen molar-refractivity contribution in [2.45, 2.75) is 45.7 Å². The molecule has 1 spiro atoms. The molecular formula is C33H32ClFN6O. The molecular weight excluding hydrogens is 551 g/mol. The number of hydrogen-bond acceptors (Lipinski definition) is 7. The van der Waals surface area contributed by atoms with Crippen LogP contribution in [0.5, 0.6) is 11.6 Å². The molecule has 2 aliphatic heterocycles. The summed E-state index contributed by atoms with van der Waals surface area (Å²) in [6, 6.07) is 17.3. The number of halogens is 2. The van der Waals surface area contributed by atoms with E-state index in [9.17, 15) is 4.39 Å². The van der Waals surface area contributed by atoms with E-state index in [0.29, 0.717) is 18.0 Å². The Kier molecular flexibility index (Phi) is 7.12. The van der Waals surface area contributed by atoms with E-state index < -0.39 is 0 Å². The van der Waals surface area contributed by atoms with Gasteiger partial charge < -0.3 is 9.64 Å². The summed E-state index contributed by atoms with van der Waals surface area (Å²) < 4.78 is 19.8. The second kappa shape index (κ2) is 11.1. The Morgan fingerprint density at radius 1 is 1.07 bits per heavy atom. The number of hydrogen-bond donors (Lipinski definition) is 0. The highest BCUT2D eigenvalue weighted by atomic mass is 35.5. The summed E-state index contributed by atoms with van der Waals surface area (Å²) in [4.78, 5) is 13.8. The molecule has 0 bridgehead atoms. The molecule has 0 amide bonds. The Bertz CT molecular complexity index is 1650. The average Bonchev–Trinajstić information content (AvgIpc) is 2.96. The summed E-state index contributed by atoms with van der Waals surface area (Å²) in [5, 5.41) is 8.17. The third-order valence-corrected chi connectivity index (χ3v) is 8.78. The van der Waals surface area contributed by atoms with Gasteiger partial charge in [-0.05, 0) is 77.4 Å². The first-order chi connectivity index (χ1) is 20.5. The molecule has 0 unspecified atom stereocenters. The third-order valence-electron chi connectivity index (χ3n) is 8.62. The molecule has 0 atom stereocenters. The molecule has 4 heterocycles. The fourth-order valence-electron chi connectivity index (χ4n) is 6.59. The van der Waals surface area contributed by atoms with Crippen molar-refractivity contribution in [3.8, 4) is 11.6 Å². The molecule has 7 rings (SSSR count). The number of aryl methyl sites for hydroxylation is 1. The normalized spacial score (nSPS) is 17.4. The Morgan fingerprint density at radius 2 is 1.90 bits per heavy atom. The van der Waals surface area contributed by atoms with Crippen LogP contribution in [-0.4, -0.2) is 44.7 Å². The van der Waals surface area contributed by atoms with Crippen LogP contribution in [0.1, 0.15) is 47.7 Å². The van der Waals surface area contributed by atoms with Gasteiger partial charge in [-0.3, -0.25) is 9.88 Å². The molecule has 0 radical (unpaired) electrons. The van der Waals surface area contributed by atoms with Crippen LogP contribution in [-0.2, 0) is 25.9 Å². The number of anilines is 1. The molecule has 1 saturated carbocycles. The lowest BCUT2D eigenvalue weighted by Crippen LogP contribution is -2.60. The van der Waals surface area contributed by atoms with Crippen LogP contribution in [0.4, 0.5) is 10.2 Å². The van der Waals surface area contributed by atoms with Gasteiger partial charge in [0.1, 0.15) is 11.6 Å². The SMILES string of the molecule is CCc1cc(F)ccc1Oc1nnc(Cl)nc1N1CC2(CC(=Cc3ccnc4c3CN(Cc3ccccc3)CC4)C2)C1. The quantitative estimate of drug-likeness (QED) is 0.241. The van der Waals surface area contributed by atoms with Crippen molar-refractivity contribution in [3.63, 3.8) is 0 Å². The fourth-order valence-corrected chi connectivity index (χ4v) is 6.71. The number of benzene rings is 2. The number of rotatable bonds is 7. The van der Waals surface area contributed by atoms with Crippen LogP contribution < -0.4 is 9.64 Å². The standard InChI is InChI=1S/C33H32ClFN6O/c1-2-24-15-26(35)8-9-29(24)42-31-30(37-32(34)39-38-31)41-20-33(21-41)16-23(17-33)14-25-10-12-36-28-11-13-40(19-27(25)28)18-22-6-4-3-5-7-22/h3-10,12,14-15H,2,11,13,16-21H2,1H3. The zero-order chi connectivity index (χ0) is 28.7. The summed E-state index contributed by atoms with van der Waals surface area (Å²) in [5.41, 5.74) is 7.68. The van der Waals surface area contributed by atoms with Crippen LogP contribution in [0.25, 0.3) is 6.08 Å². The molecule has 2 aromatic carbocycles. The predicted octanol–water partition coefficient (Wildman–Crippen LogP) is 6.66. The number of allylic oxidation sites excluding steroid dienone is 1. The molecule has 42 heavy (non-hydrogen) atoms. The lowest BCUT2D eigenvalue weighted by molar-refractivity contribution is 0.148. The Morgan fingerprint density at radius 3 is 2.71 bits per heavy atom. The molecule has 7 nitrogen and oxygen atoms in total. The van der Waals surface area contributed by atoms with E-state index in [1.807, 2.05) is 13.1 Å². The highest BCUT2D eigenvalue weighted by Crippen LogP contribution is 2.54. The zero-order valence-corrected chi connectivity index (χ0v) is 24.3. The smallest absolute Gasteiger partial charge is 0.282 e. The van der Waals surface area contributed by atoms with Crippen molar-refractivity contribution >= 4 is 23.5 Å². The minimum atomic E-state index is -0.296. The number of ether oxygens (including phenoxy) is 1. The third kappa shape index (κ3) is 5.37. The van der Waals surface area contributed by atoms with Gasteiger partial charge in [-0.25, -0.2) is 4.39 Å². The van der Waals surface area contributed by atoms with Crippen molar-refractivity contribution in [2.24, 2.45) is 5.41 Å². The van der Waals surface area contributed by atoms with Crippen LogP contribution in [0.3, 0.4) is 0 Å². The highest BCUT2D eigenvalue weighted by Gasteiger charge is 2.51. The maximum atomic E-state index is 13.7. The molecule has 9 heteroatoms. The summed E-state index contributed by atoms with van der Waals surface area (Å²) in [6.07, 6.45) is 8.05. The first-order valence-corrected chi connectivity index (χ1v) is 14.9. The van der Waals surface area contributed by atoms with Crippen molar-refractivity contribution in [2.75, 3.05) is 24.5 Å². The zero-order valence-electron chi connectivity index (χ0n) is 23.6. The molecule has 2 fully saturated rings. The largest absolute Gasteiger partial charge is 0.435 e. The lowest BCUT2D eigenvalue weighted by Gasteiger charge is -2.57. The van der Waals surface area contributed by atoms with Crippen molar-refractivity contribution in [3.05, 3.63) is 105 Å². The Hall–Kier alpha value is -3.88. The van der Waals surface area contributed by atoms with Gasteiger partial charge in [-0.1, -0.05) is 48.9 Å². The van der Waals surface area contributed by atoms with Gasteiger partial charge in [0.25, 0.3) is 5.88 Å². The molecule has 0 N–H and O–H groups in total. The lowest BCUT2D eigenvalue weighted by atomic mass is 9.60. The average molecular weight is 583 g/mol. The maximum Gasteiger partial charge on any atom is 0.282 e. The molecule has 1 saturated heterocycles. The molecule has 3 aliphatic rings. The van der Waals surface area contributed by atoms with Crippen molar-refractivity contribution in [1.29, 1.82) is 0 Å². The summed E-state index contributed by atoms with van der Waals surface area (Å²) in [6.45, 7) is 6.56. The second-order valence-electron chi connectivity index (χ2n) is 11.7. The van der Waals surface area contributed by atoms with Crippen LogP contribution in [0.2, 0.25) is 5.28 Å². The molecule has 2 aromatic heterocycles. The molecule has 4 aromatic rings. The van der Waals surface area contributed by atoms with E-state index in [4.69, 9.17) is 21.3 Å². The highest BCUT2D eigenvalue weighted by molar-refractivity contribution is 6.28. The molecule has 1 aliphatic carbocycles.